The molecule has 2 nitrogen and oxygen atoms in total. The van der Waals surface area contributed by atoms with Gasteiger partial charge in [-0.25, -0.2) is 0 Å². The van der Waals surface area contributed by atoms with Gasteiger partial charge in [0.1, 0.15) is 11.4 Å². The van der Waals surface area contributed by atoms with Crippen LogP contribution in [0.4, 0.5) is 0 Å². The second-order valence-electron chi connectivity index (χ2n) is 5.70. The van der Waals surface area contributed by atoms with Crippen LogP contribution in [0.1, 0.15) is 36.1 Å². The van der Waals surface area contributed by atoms with Crippen molar-refractivity contribution < 1.29 is 4.74 Å². The van der Waals surface area contributed by atoms with Crippen molar-refractivity contribution in [2.24, 2.45) is 5.73 Å². The van der Waals surface area contributed by atoms with Crippen molar-refractivity contribution in [1.82, 2.24) is 0 Å². The van der Waals surface area contributed by atoms with Gasteiger partial charge in [0.2, 0.25) is 0 Å². The molecule has 2 N–H and O–H groups in total. The van der Waals surface area contributed by atoms with Gasteiger partial charge in [0.15, 0.2) is 0 Å². The van der Waals surface area contributed by atoms with Gasteiger partial charge >= 0.3 is 0 Å². The van der Waals surface area contributed by atoms with Gasteiger partial charge in [-0.15, -0.1) is 0 Å². The lowest BCUT2D eigenvalue weighted by Crippen LogP contribution is -2.38. The predicted octanol–water partition coefficient (Wildman–Crippen LogP) is 4.46. The molecular weight excluding hydrogens is 314 g/mol. The van der Waals surface area contributed by atoms with Crippen molar-refractivity contribution in [2.75, 3.05) is 0 Å². The van der Waals surface area contributed by atoms with E-state index in [4.69, 9.17) is 10.5 Å². The minimum atomic E-state index is -0.376. The van der Waals surface area contributed by atoms with E-state index < -0.39 is 0 Å². The van der Waals surface area contributed by atoms with Crippen LogP contribution in [0.5, 0.6) is 5.75 Å². The first-order valence-electron chi connectivity index (χ1n) is 6.79. The van der Waals surface area contributed by atoms with Crippen molar-refractivity contribution in [3.63, 3.8) is 0 Å². The Morgan fingerprint density at radius 3 is 2.80 bits per heavy atom. The largest absolute Gasteiger partial charge is 0.482 e. The van der Waals surface area contributed by atoms with Crippen molar-refractivity contribution >= 4 is 15.9 Å². The fourth-order valence-corrected chi connectivity index (χ4v) is 3.21. The quantitative estimate of drug-likeness (QED) is 0.837. The Hall–Kier alpha value is -1.32. The van der Waals surface area contributed by atoms with Crippen molar-refractivity contribution in [2.45, 2.75) is 31.9 Å². The zero-order chi connectivity index (χ0) is 14.3. The minimum absolute atomic E-state index is 0.00244. The molecule has 2 atom stereocenters. The Bertz CT molecular complexity index is 655. The van der Waals surface area contributed by atoms with Crippen LogP contribution in [0.2, 0.25) is 0 Å². The molecule has 1 aliphatic heterocycles. The molecule has 0 radical (unpaired) electrons. The van der Waals surface area contributed by atoms with E-state index in [0.29, 0.717) is 0 Å². The molecule has 0 amide bonds. The number of aryl methyl sites for hydroxylation is 1. The van der Waals surface area contributed by atoms with Crippen LogP contribution in [0, 0.1) is 6.92 Å². The molecule has 1 unspecified atom stereocenters. The summed E-state index contributed by atoms with van der Waals surface area (Å²) in [6, 6.07) is 14.5. The number of fused-ring (bicyclic) bond motifs is 1. The van der Waals surface area contributed by atoms with Gasteiger partial charge in [-0.2, -0.15) is 0 Å². The summed E-state index contributed by atoms with van der Waals surface area (Å²) in [5.41, 5.74) is 9.47. The number of ether oxygens (including phenoxy) is 1. The fraction of sp³-hybridized carbons (Fsp3) is 0.294. The predicted molar refractivity (Wildman–Crippen MR) is 84.8 cm³/mol. The lowest BCUT2D eigenvalue weighted by molar-refractivity contribution is 0.0510. The molecule has 1 heterocycles. The molecule has 104 valence electrons. The number of hydrogen-bond acceptors (Lipinski definition) is 2. The fourth-order valence-electron chi connectivity index (χ4n) is 2.87. The first-order valence-corrected chi connectivity index (χ1v) is 7.58. The number of hydrogen-bond donors (Lipinski definition) is 1. The van der Waals surface area contributed by atoms with Crippen LogP contribution < -0.4 is 10.5 Å². The van der Waals surface area contributed by atoms with Crippen LogP contribution in [0.25, 0.3) is 0 Å². The minimum Gasteiger partial charge on any atom is -0.482 e. The Morgan fingerprint density at radius 2 is 2.05 bits per heavy atom. The van der Waals surface area contributed by atoms with Crippen LogP contribution in [-0.4, -0.2) is 0 Å². The molecule has 0 bridgehead atoms. The molecule has 0 saturated carbocycles. The number of halogens is 1. The van der Waals surface area contributed by atoms with Gasteiger partial charge in [-0.05, 0) is 31.5 Å². The average Bonchev–Trinajstić information content (AvgIpc) is 2.38. The molecule has 0 spiro atoms. The zero-order valence-electron chi connectivity index (χ0n) is 11.7. The first kappa shape index (κ1) is 13.7. The monoisotopic (exact) mass is 331 g/mol. The standard InChI is InChI=1S/C17H18BrNO/c1-11-4-3-5-12(8-11)17(2)10-15(19)14-7-6-13(18)9-16(14)20-17/h3-9,15H,10,19H2,1-2H3/t15-,17?/m1/s1. The van der Waals surface area contributed by atoms with Gasteiger partial charge in [0.05, 0.1) is 0 Å². The molecule has 1 aliphatic rings. The molecule has 2 aromatic carbocycles. The Kier molecular flexibility index (Phi) is 3.35. The van der Waals surface area contributed by atoms with Gasteiger partial charge in [-0.1, -0.05) is 51.8 Å². The summed E-state index contributed by atoms with van der Waals surface area (Å²) in [5, 5.41) is 0. The Balaban J connectivity index is 2.05. The maximum Gasteiger partial charge on any atom is 0.133 e. The molecule has 0 aliphatic carbocycles. The van der Waals surface area contributed by atoms with Gasteiger partial charge < -0.3 is 10.5 Å². The van der Waals surface area contributed by atoms with Crippen molar-refractivity contribution in [3.05, 3.63) is 63.6 Å². The maximum atomic E-state index is 6.35. The zero-order valence-corrected chi connectivity index (χ0v) is 13.3. The van der Waals surface area contributed by atoms with E-state index in [1.165, 1.54) is 11.1 Å². The second-order valence-corrected chi connectivity index (χ2v) is 6.61. The van der Waals surface area contributed by atoms with E-state index >= 15 is 0 Å². The summed E-state index contributed by atoms with van der Waals surface area (Å²) < 4.78 is 7.31. The highest BCUT2D eigenvalue weighted by molar-refractivity contribution is 9.10. The summed E-state index contributed by atoms with van der Waals surface area (Å²) in [6.07, 6.45) is 0.783. The molecule has 3 rings (SSSR count). The van der Waals surface area contributed by atoms with Gasteiger partial charge in [-0.3, -0.25) is 0 Å². The molecule has 0 aromatic heterocycles. The molecule has 0 fully saturated rings. The summed E-state index contributed by atoms with van der Waals surface area (Å²) in [7, 11) is 0. The smallest absolute Gasteiger partial charge is 0.133 e. The van der Waals surface area contributed by atoms with Crippen molar-refractivity contribution in [3.8, 4) is 5.75 Å². The highest BCUT2D eigenvalue weighted by atomic mass is 79.9. The van der Waals surface area contributed by atoms with E-state index in [-0.39, 0.29) is 11.6 Å². The van der Waals surface area contributed by atoms with Crippen molar-refractivity contribution in [1.29, 1.82) is 0 Å². The third-order valence-electron chi connectivity index (χ3n) is 3.95. The van der Waals surface area contributed by atoms with E-state index in [9.17, 15) is 0 Å². The number of benzene rings is 2. The Morgan fingerprint density at radius 1 is 1.25 bits per heavy atom. The molecular formula is C17H18BrNO. The normalized spacial score (nSPS) is 24.9. The lowest BCUT2D eigenvalue weighted by atomic mass is 9.83. The number of rotatable bonds is 1. The third kappa shape index (κ3) is 2.36. The van der Waals surface area contributed by atoms with Gasteiger partial charge in [0, 0.05) is 22.5 Å². The summed E-state index contributed by atoms with van der Waals surface area (Å²) >= 11 is 3.49. The Labute approximate surface area is 128 Å². The molecule has 0 saturated heterocycles. The molecule has 3 heteroatoms. The number of nitrogens with two attached hydrogens (primary N) is 1. The van der Waals surface area contributed by atoms with Crippen LogP contribution in [0.15, 0.2) is 46.9 Å². The lowest BCUT2D eigenvalue weighted by Gasteiger charge is -2.39. The van der Waals surface area contributed by atoms with Crippen LogP contribution in [-0.2, 0) is 5.60 Å². The summed E-state index contributed by atoms with van der Waals surface area (Å²) in [6.45, 7) is 4.21. The average molecular weight is 332 g/mol. The van der Waals surface area contributed by atoms with Gasteiger partial charge in [0.25, 0.3) is 0 Å². The molecule has 20 heavy (non-hydrogen) atoms. The van der Waals surface area contributed by atoms with Crippen LogP contribution >= 0.6 is 15.9 Å². The van der Waals surface area contributed by atoms with E-state index in [1.54, 1.807) is 0 Å². The van der Waals surface area contributed by atoms with E-state index in [2.05, 4.69) is 54.0 Å². The maximum absolute atomic E-state index is 6.35. The summed E-state index contributed by atoms with van der Waals surface area (Å²) in [4.78, 5) is 0. The highest BCUT2D eigenvalue weighted by Crippen LogP contribution is 2.44. The van der Waals surface area contributed by atoms with E-state index in [1.807, 2.05) is 18.2 Å². The molecule has 2 aromatic rings. The topological polar surface area (TPSA) is 35.2 Å². The SMILES string of the molecule is Cc1cccc(C2(C)C[C@@H](N)c3ccc(Br)cc3O2)c1. The van der Waals surface area contributed by atoms with Crippen LogP contribution in [0.3, 0.4) is 0 Å². The highest BCUT2D eigenvalue weighted by Gasteiger charge is 2.37. The summed E-state index contributed by atoms with van der Waals surface area (Å²) in [5.74, 6) is 0.877. The second kappa shape index (κ2) is 4.90. The third-order valence-corrected chi connectivity index (χ3v) is 4.44. The first-order chi connectivity index (χ1) is 9.48. The van der Waals surface area contributed by atoms with E-state index in [0.717, 1.165) is 22.2 Å².